The Hall–Kier alpha value is -4.11. The summed E-state index contributed by atoms with van der Waals surface area (Å²) in [5.41, 5.74) is 3.08. The summed E-state index contributed by atoms with van der Waals surface area (Å²) in [4.78, 5) is 27.4. The zero-order chi connectivity index (χ0) is 25.2. The Bertz CT molecular complexity index is 1200. The molecule has 0 heterocycles. The Kier molecular flexibility index (Phi) is 9.02. The molecule has 0 fully saturated rings. The van der Waals surface area contributed by atoms with Gasteiger partial charge in [-0.1, -0.05) is 34.5 Å². The molecule has 0 aliphatic carbocycles. The largest absolute Gasteiger partial charge is 0.490 e. The van der Waals surface area contributed by atoms with Crippen molar-refractivity contribution in [3.63, 3.8) is 0 Å². The predicted octanol–water partition coefficient (Wildman–Crippen LogP) is 5.52. The highest BCUT2D eigenvalue weighted by Gasteiger charge is 2.13. The first kappa shape index (κ1) is 25.5. The Morgan fingerprint density at radius 1 is 1.11 bits per heavy atom. The number of nitrogens with one attached hydrogen (secondary N) is 1. The van der Waals surface area contributed by atoms with Gasteiger partial charge in [-0.25, -0.2) is 0 Å². The maximum absolute atomic E-state index is 12.0. The van der Waals surface area contributed by atoms with Crippen LogP contribution in [-0.4, -0.2) is 30.3 Å². The van der Waals surface area contributed by atoms with Crippen molar-refractivity contribution in [2.45, 2.75) is 20.5 Å². The number of benzene rings is 3. The van der Waals surface area contributed by atoms with Crippen LogP contribution in [0.4, 0.5) is 11.4 Å². The number of rotatable bonds is 11. The highest BCUT2D eigenvalue weighted by molar-refractivity contribution is 6.32. The summed E-state index contributed by atoms with van der Waals surface area (Å²) in [6.45, 7) is 4.05. The van der Waals surface area contributed by atoms with Crippen LogP contribution in [0.3, 0.4) is 0 Å². The maximum Gasteiger partial charge on any atom is 0.269 e. The second kappa shape index (κ2) is 12.4. The first-order valence-corrected chi connectivity index (χ1v) is 11.1. The minimum atomic E-state index is -0.463. The Morgan fingerprint density at radius 2 is 1.83 bits per heavy atom. The van der Waals surface area contributed by atoms with Crippen molar-refractivity contribution in [3.05, 3.63) is 92.5 Å². The molecule has 0 atom stereocenters. The van der Waals surface area contributed by atoms with Gasteiger partial charge in [0.05, 0.1) is 22.8 Å². The monoisotopic (exact) mass is 497 g/mol. The molecule has 3 aromatic rings. The van der Waals surface area contributed by atoms with Gasteiger partial charge in [-0.15, -0.1) is 0 Å². The number of nitrogens with zero attached hydrogens (tertiary/aromatic N) is 2. The molecule has 0 spiro atoms. The number of amides is 1. The van der Waals surface area contributed by atoms with E-state index in [-0.39, 0.29) is 29.8 Å². The first-order chi connectivity index (χ1) is 16.9. The Labute approximate surface area is 207 Å². The molecule has 10 heteroatoms. The maximum atomic E-state index is 12.0. The molecule has 182 valence electrons. The van der Waals surface area contributed by atoms with Gasteiger partial charge in [-0.2, -0.15) is 0 Å². The third kappa shape index (κ3) is 7.72. The van der Waals surface area contributed by atoms with Crippen molar-refractivity contribution in [3.8, 4) is 11.5 Å². The van der Waals surface area contributed by atoms with E-state index in [0.29, 0.717) is 29.4 Å². The van der Waals surface area contributed by atoms with Gasteiger partial charge in [-0.3, -0.25) is 14.9 Å². The summed E-state index contributed by atoms with van der Waals surface area (Å²) in [5.74, 6) is 0.400. The third-order valence-corrected chi connectivity index (χ3v) is 4.95. The highest BCUT2D eigenvalue weighted by Crippen LogP contribution is 2.37. The summed E-state index contributed by atoms with van der Waals surface area (Å²) < 4.78 is 11.5. The molecule has 1 N–H and O–H groups in total. The molecule has 0 saturated heterocycles. The number of non-ortho nitro benzene ring substituents is 1. The van der Waals surface area contributed by atoms with Crippen molar-refractivity contribution in [1.29, 1.82) is 0 Å². The van der Waals surface area contributed by atoms with Crippen LogP contribution >= 0.6 is 11.6 Å². The van der Waals surface area contributed by atoms with Crippen LogP contribution in [0.2, 0.25) is 5.02 Å². The number of anilines is 1. The minimum Gasteiger partial charge on any atom is -0.490 e. The van der Waals surface area contributed by atoms with Gasteiger partial charge in [0.1, 0.15) is 6.61 Å². The van der Waals surface area contributed by atoms with E-state index >= 15 is 0 Å². The zero-order valence-corrected chi connectivity index (χ0v) is 19.9. The molecule has 1 amide bonds. The Balaban J connectivity index is 1.59. The van der Waals surface area contributed by atoms with Gasteiger partial charge in [0, 0.05) is 23.4 Å². The molecule has 0 aliphatic heterocycles. The fraction of sp³-hybridized carbons (Fsp3) is 0.200. The van der Waals surface area contributed by atoms with Crippen LogP contribution in [0.1, 0.15) is 23.6 Å². The zero-order valence-electron chi connectivity index (χ0n) is 19.2. The first-order valence-electron chi connectivity index (χ1n) is 10.7. The van der Waals surface area contributed by atoms with E-state index in [1.807, 2.05) is 26.0 Å². The molecule has 0 aromatic heterocycles. The molecule has 0 aliphatic rings. The fourth-order valence-electron chi connectivity index (χ4n) is 2.96. The second-order valence-corrected chi connectivity index (χ2v) is 7.80. The second-order valence-electron chi connectivity index (χ2n) is 7.40. The number of aryl methyl sites for hydroxylation is 1. The summed E-state index contributed by atoms with van der Waals surface area (Å²) >= 11 is 6.41. The number of nitro benzene ring substituents is 1. The van der Waals surface area contributed by atoms with Crippen LogP contribution in [-0.2, 0) is 16.2 Å². The van der Waals surface area contributed by atoms with E-state index < -0.39 is 4.92 Å². The molecule has 0 saturated carbocycles. The van der Waals surface area contributed by atoms with Gasteiger partial charge < -0.3 is 19.6 Å². The number of hydrogen-bond donors (Lipinski definition) is 1. The Morgan fingerprint density at radius 3 is 2.49 bits per heavy atom. The normalized spacial score (nSPS) is 10.7. The average molecular weight is 498 g/mol. The van der Waals surface area contributed by atoms with Crippen LogP contribution < -0.4 is 14.8 Å². The predicted molar refractivity (Wildman–Crippen MR) is 133 cm³/mol. The average Bonchev–Trinajstić information content (AvgIpc) is 2.83. The van der Waals surface area contributed by atoms with Gasteiger partial charge >= 0.3 is 0 Å². The lowest BCUT2D eigenvalue weighted by molar-refractivity contribution is -0.384. The van der Waals surface area contributed by atoms with Crippen LogP contribution in [0.15, 0.2) is 65.8 Å². The quantitative estimate of drug-likeness (QED) is 0.212. The molecule has 0 radical (unpaired) electrons. The molecule has 35 heavy (non-hydrogen) atoms. The van der Waals surface area contributed by atoms with E-state index in [9.17, 15) is 14.9 Å². The van der Waals surface area contributed by atoms with Gasteiger partial charge in [0.15, 0.2) is 18.1 Å². The molecule has 9 nitrogen and oxygen atoms in total. The minimum absolute atomic E-state index is 0.000257. The summed E-state index contributed by atoms with van der Waals surface area (Å²) in [6.07, 6.45) is 1.41. The number of ether oxygens (including phenoxy) is 2. The number of oxime groups is 1. The number of carbonyl (C=O) groups excluding carboxylic acids is 1. The molecule has 0 unspecified atom stereocenters. The molecular weight excluding hydrogens is 474 g/mol. The molecule has 3 aromatic carbocycles. The third-order valence-electron chi connectivity index (χ3n) is 4.67. The lowest BCUT2D eigenvalue weighted by Crippen LogP contribution is -2.16. The topological polar surface area (TPSA) is 112 Å². The fourth-order valence-corrected chi connectivity index (χ4v) is 3.24. The van der Waals surface area contributed by atoms with Crippen molar-refractivity contribution in [1.82, 2.24) is 0 Å². The molecule has 0 bridgehead atoms. The summed E-state index contributed by atoms with van der Waals surface area (Å²) in [6, 6.07) is 16.7. The van der Waals surface area contributed by atoms with E-state index in [4.69, 9.17) is 25.9 Å². The van der Waals surface area contributed by atoms with Gasteiger partial charge in [0.25, 0.3) is 11.6 Å². The number of halogens is 1. The van der Waals surface area contributed by atoms with E-state index in [1.165, 1.54) is 18.3 Å². The smallest absolute Gasteiger partial charge is 0.269 e. The number of carbonyl (C=O) groups is 1. The highest BCUT2D eigenvalue weighted by atomic mass is 35.5. The van der Waals surface area contributed by atoms with Crippen LogP contribution in [0.5, 0.6) is 11.5 Å². The lowest BCUT2D eigenvalue weighted by Gasteiger charge is -2.14. The van der Waals surface area contributed by atoms with Crippen molar-refractivity contribution in [2.24, 2.45) is 5.16 Å². The van der Waals surface area contributed by atoms with E-state index in [0.717, 1.165) is 11.1 Å². The van der Waals surface area contributed by atoms with Crippen molar-refractivity contribution in [2.75, 3.05) is 18.5 Å². The number of nitro groups is 1. The molecular formula is C25H24ClN3O6. The van der Waals surface area contributed by atoms with Gasteiger partial charge in [-0.05, 0) is 55.8 Å². The van der Waals surface area contributed by atoms with Crippen LogP contribution in [0, 0.1) is 17.0 Å². The summed E-state index contributed by atoms with van der Waals surface area (Å²) in [7, 11) is 0. The standard InChI is InChI=1S/C25H24ClN3O6/c1-3-33-23-13-19(14-27-35-16-24(30)28-20-8-4-17(2)5-9-20)12-22(26)25(23)34-15-18-6-10-21(11-7-18)29(31)32/h4-14H,3,15-16H2,1-2H3,(H,28,30)/b27-14+. The van der Waals surface area contributed by atoms with E-state index in [2.05, 4.69) is 10.5 Å². The van der Waals surface area contributed by atoms with Gasteiger partial charge in [0.2, 0.25) is 0 Å². The van der Waals surface area contributed by atoms with Crippen molar-refractivity contribution >= 4 is 35.1 Å². The molecule has 3 rings (SSSR count). The van der Waals surface area contributed by atoms with Crippen molar-refractivity contribution < 1.29 is 24.0 Å². The van der Waals surface area contributed by atoms with E-state index in [1.54, 1.807) is 36.4 Å². The summed E-state index contributed by atoms with van der Waals surface area (Å²) in [5, 5.41) is 17.6. The number of hydrogen-bond acceptors (Lipinski definition) is 7. The lowest BCUT2D eigenvalue weighted by atomic mass is 10.2. The van der Waals surface area contributed by atoms with Crippen LogP contribution in [0.25, 0.3) is 0 Å². The SMILES string of the molecule is CCOc1cc(/C=N/OCC(=O)Nc2ccc(C)cc2)cc(Cl)c1OCc1ccc([N+](=O)[O-])cc1.